The molecule has 0 aliphatic rings. The molecule has 0 aliphatic heterocycles. The minimum Gasteiger partial charge on any atom is -0.326 e. The van der Waals surface area contributed by atoms with Crippen molar-refractivity contribution in [3.8, 4) is 6.19 Å². The van der Waals surface area contributed by atoms with Gasteiger partial charge >= 0.3 is 0 Å². The van der Waals surface area contributed by atoms with Crippen molar-refractivity contribution >= 4 is 7.85 Å². The van der Waals surface area contributed by atoms with Gasteiger partial charge in [0.1, 0.15) is 7.85 Å². The highest BCUT2D eigenvalue weighted by Crippen LogP contribution is 2.18. The molecule has 2 nitrogen and oxygen atoms in total. The fraction of sp³-hybridized carbons (Fsp3) is 0.909. The molecule has 0 fully saturated rings. The van der Waals surface area contributed by atoms with E-state index < -0.39 is 0 Å². The summed E-state index contributed by atoms with van der Waals surface area (Å²) in [5.41, 5.74) is 0.0416. The summed E-state index contributed by atoms with van der Waals surface area (Å²) in [4.78, 5) is 0. The van der Waals surface area contributed by atoms with Crippen molar-refractivity contribution in [1.82, 2.24) is 5.32 Å². The summed E-state index contributed by atoms with van der Waals surface area (Å²) in [6, 6.07) is 0. The molecule has 80 valence electrons. The summed E-state index contributed by atoms with van der Waals surface area (Å²) in [7, 11) is 2.17. The van der Waals surface area contributed by atoms with Gasteiger partial charge in [0.25, 0.3) is 0 Å². The first-order valence-electron chi connectivity index (χ1n) is 5.84. The van der Waals surface area contributed by atoms with Gasteiger partial charge in [-0.3, -0.25) is 0 Å². The zero-order chi connectivity index (χ0) is 10.9. The van der Waals surface area contributed by atoms with Crippen molar-refractivity contribution in [1.29, 1.82) is 5.26 Å². The van der Waals surface area contributed by atoms with Gasteiger partial charge in [-0.2, -0.15) is 5.26 Å². The van der Waals surface area contributed by atoms with Crippen LogP contribution in [-0.2, 0) is 0 Å². The fourth-order valence-electron chi connectivity index (χ4n) is 1.72. The molecule has 0 aliphatic carbocycles. The molecule has 1 N–H and O–H groups in total. The second kappa shape index (κ2) is 7.73. The molecule has 0 aromatic rings. The van der Waals surface area contributed by atoms with Crippen LogP contribution < -0.4 is 5.32 Å². The molecule has 14 heavy (non-hydrogen) atoms. The number of nitrogens with zero attached hydrogens (tertiary/aromatic N) is 1. The van der Waals surface area contributed by atoms with Crippen LogP contribution in [-0.4, -0.2) is 13.3 Å². The average Bonchev–Trinajstić information content (AvgIpc) is 2.16. The van der Waals surface area contributed by atoms with Gasteiger partial charge in [0.15, 0.2) is 6.19 Å². The molecule has 0 saturated carbocycles. The van der Waals surface area contributed by atoms with E-state index in [0.717, 1.165) is 12.8 Å². The Labute approximate surface area is 89.5 Å². The summed E-state index contributed by atoms with van der Waals surface area (Å²) in [5.74, 6) is 0. The molecule has 0 radical (unpaired) electrons. The van der Waals surface area contributed by atoms with E-state index in [0.29, 0.717) is 0 Å². The first-order valence-corrected chi connectivity index (χ1v) is 5.84. The largest absolute Gasteiger partial charge is 0.326 e. The minimum atomic E-state index is 0.0416. The molecular formula is C11H23BN2. The van der Waals surface area contributed by atoms with Gasteiger partial charge in [-0.1, -0.05) is 46.0 Å². The van der Waals surface area contributed by atoms with E-state index in [2.05, 4.69) is 33.2 Å². The third kappa shape index (κ3) is 5.91. The Bertz CT molecular complexity index is 177. The second-order valence-electron chi connectivity index (χ2n) is 4.36. The van der Waals surface area contributed by atoms with Crippen LogP contribution >= 0.6 is 0 Å². The second-order valence-corrected chi connectivity index (χ2v) is 4.36. The number of nitrogens with one attached hydrogen (secondary N) is 1. The Kier molecular flexibility index (Phi) is 7.37. The summed E-state index contributed by atoms with van der Waals surface area (Å²) in [5, 5.41) is 11.7. The Morgan fingerprint density at radius 3 is 2.21 bits per heavy atom. The van der Waals surface area contributed by atoms with E-state index in [-0.39, 0.29) is 5.44 Å². The van der Waals surface area contributed by atoms with Gasteiger partial charge in [-0.25, -0.2) is 0 Å². The number of rotatable bonds is 8. The summed E-state index contributed by atoms with van der Waals surface area (Å²) >= 11 is 0. The maximum atomic E-state index is 8.70. The van der Waals surface area contributed by atoms with Gasteiger partial charge < -0.3 is 5.32 Å². The Morgan fingerprint density at radius 1 is 1.14 bits per heavy atom. The number of unbranched alkanes of at least 4 members (excludes halogenated alkanes) is 3. The highest BCUT2D eigenvalue weighted by atomic mass is 14.9. The Balaban J connectivity index is 3.90. The highest BCUT2D eigenvalue weighted by molar-refractivity contribution is 6.15. The van der Waals surface area contributed by atoms with Gasteiger partial charge in [-0.05, 0) is 12.8 Å². The van der Waals surface area contributed by atoms with Crippen molar-refractivity contribution in [3.05, 3.63) is 0 Å². The number of hydrogen-bond acceptors (Lipinski definition) is 2. The lowest BCUT2D eigenvalue weighted by molar-refractivity contribution is 0.416. The SMILES string of the molecule is BC(CCCC)(CCCCC)NC#N. The molecule has 0 rings (SSSR count). The monoisotopic (exact) mass is 194 g/mol. The molecule has 0 heterocycles. The van der Waals surface area contributed by atoms with Crippen LogP contribution in [0.25, 0.3) is 0 Å². The molecule has 0 aromatic heterocycles. The van der Waals surface area contributed by atoms with Crippen molar-refractivity contribution in [2.75, 3.05) is 0 Å². The first-order chi connectivity index (χ1) is 6.68. The van der Waals surface area contributed by atoms with Crippen molar-refractivity contribution in [2.45, 2.75) is 64.2 Å². The molecule has 0 bridgehead atoms. The highest BCUT2D eigenvalue weighted by Gasteiger charge is 2.21. The molecule has 0 amide bonds. The van der Waals surface area contributed by atoms with Crippen molar-refractivity contribution < 1.29 is 0 Å². The minimum absolute atomic E-state index is 0.0416. The first kappa shape index (κ1) is 13.4. The molecule has 0 aromatic carbocycles. The van der Waals surface area contributed by atoms with Crippen molar-refractivity contribution in [2.24, 2.45) is 0 Å². The predicted molar refractivity (Wildman–Crippen MR) is 63.7 cm³/mol. The molecule has 0 saturated heterocycles. The van der Waals surface area contributed by atoms with E-state index in [1.165, 1.54) is 32.1 Å². The lowest BCUT2D eigenvalue weighted by atomic mass is 9.70. The van der Waals surface area contributed by atoms with Crippen LogP contribution in [0.4, 0.5) is 0 Å². The van der Waals surface area contributed by atoms with Crippen LogP contribution in [0.1, 0.15) is 58.8 Å². The van der Waals surface area contributed by atoms with Gasteiger partial charge in [0.2, 0.25) is 0 Å². The van der Waals surface area contributed by atoms with E-state index in [1.54, 1.807) is 0 Å². The van der Waals surface area contributed by atoms with Gasteiger partial charge in [0, 0.05) is 5.44 Å². The third-order valence-corrected chi connectivity index (χ3v) is 2.77. The Hall–Kier alpha value is -0.645. The molecule has 1 atom stereocenters. The third-order valence-electron chi connectivity index (χ3n) is 2.77. The smallest absolute Gasteiger partial charge is 0.176 e. The lowest BCUT2D eigenvalue weighted by Crippen LogP contribution is -2.43. The molecular weight excluding hydrogens is 171 g/mol. The van der Waals surface area contributed by atoms with E-state index in [9.17, 15) is 0 Å². The quantitative estimate of drug-likeness (QED) is 0.278. The summed E-state index contributed by atoms with van der Waals surface area (Å²) < 4.78 is 0. The maximum absolute atomic E-state index is 8.70. The lowest BCUT2D eigenvalue weighted by Gasteiger charge is -2.28. The van der Waals surface area contributed by atoms with E-state index >= 15 is 0 Å². The van der Waals surface area contributed by atoms with Gasteiger partial charge in [-0.15, -0.1) is 0 Å². The molecule has 3 heteroatoms. The summed E-state index contributed by atoms with van der Waals surface area (Å²) in [6.45, 7) is 4.40. The Morgan fingerprint density at radius 2 is 1.71 bits per heavy atom. The van der Waals surface area contributed by atoms with Crippen LogP contribution in [0.3, 0.4) is 0 Å². The van der Waals surface area contributed by atoms with Gasteiger partial charge in [0.05, 0.1) is 0 Å². The predicted octanol–water partition coefficient (Wildman–Crippen LogP) is 2.16. The van der Waals surface area contributed by atoms with Crippen LogP contribution in [0.5, 0.6) is 0 Å². The average molecular weight is 194 g/mol. The normalized spacial score (nSPS) is 14.4. The molecule has 0 spiro atoms. The standard InChI is InChI=1S/C11H23BN2/c1-3-5-7-9-11(12,14-10-13)8-6-4-2/h14H,3-9,12H2,1-2H3. The van der Waals surface area contributed by atoms with E-state index in [1.807, 2.05) is 0 Å². The maximum Gasteiger partial charge on any atom is 0.176 e. The van der Waals surface area contributed by atoms with Crippen LogP contribution in [0.2, 0.25) is 0 Å². The molecule has 1 unspecified atom stereocenters. The summed E-state index contributed by atoms with van der Waals surface area (Å²) in [6.07, 6.45) is 10.5. The van der Waals surface area contributed by atoms with Crippen molar-refractivity contribution in [3.63, 3.8) is 0 Å². The van der Waals surface area contributed by atoms with Crippen LogP contribution in [0, 0.1) is 11.5 Å². The zero-order valence-corrected chi connectivity index (χ0v) is 9.90. The van der Waals surface area contributed by atoms with Crippen LogP contribution in [0.15, 0.2) is 0 Å². The topological polar surface area (TPSA) is 35.8 Å². The van der Waals surface area contributed by atoms with E-state index in [4.69, 9.17) is 5.26 Å². The number of hydrogen-bond donors (Lipinski definition) is 1. The zero-order valence-electron chi connectivity index (χ0n) is 9.90. The number of nitriles is 1. The fourth-order valence-corrected chi connectivity index (χ4v) is 1.72.